The second kappa shape index (κ2) is 7.40. The minimum absolute atomic E-state index is 0.0167. The van der Waals surface area contributed by atoms with Crippen LogP contribution in [0.15, 0.2) is 21.5 Å². The Morgan fingerprint density at radius 3 is 2.38 bits per heavy atom. The fraction of sp³-hybridized carbons (Fsp3) is 0.562. The highest BCUT2D eigenvalue weighted by atomic mass is 79.9. The van der Waals surface area contributed by atoms with E-state index in [1.807, 2.05) is 0 Å². The molecule has 1 aromatic carbocycles. The van der Waals surface area contributed by atoms with Gasteiger partial charge in [0.15, 0.2) is 0 Å². The number of piperazine rings is 1. The largest absolute Gasteiger partial charge is 0.444 e. The van der Waals surface area contributed by atoms with Gasteiger partial charge in [0.1, 0.15) is 22.1 Å². The molecule has 1 amide bonds. The van der Waals surface area contributed by atoms with Crippen molar-refractivity contribution >= 4 is 32.0 Å². The molecule has 1 heterocycles. The van der Waals surface area contributed by atoms with Crippen molar-refractivity contribution in [2.75, 3.05) is 19.6 Å². The van der Waals surface area contributed by atoms with Crippen molar-refractivity contribution < 1.29 is 26.7 Å². The van der Waals surface area contributed by atoms with E-state index in [1.165, 1.54) is 4.90 Å². The van der Waals surface area contributed by atoms with Crippen LogP contribution in [0.2, 0.25) is 0 Å². The third-order valence-electron chi connectivity index (χ3n) is 3.78. The van der Waals surface area contributed by atoms with E-state index < -0.39 is 44.3 Å². The van der Waals surface area contributed by atoms with E-state index in [0.29, 0.717) is 6.07 Å². The van der Waals surface area contributed by atoms with E-state index in [-0.39, 0.29) is 24.1 Å². The molecule has 1 fully saturated rings. The van der Waals surface area contributed by atoms with Crippen LogP contribution in [0, 0.1) is 11.6 Å². The highest BCUT2D eigenvalue weighted by molar-refractivity contribution is 9.10. The molecular weight excluding hydrogens is 434 g/mol. The summed E-state index contributed by atoms with van der Waals surface area (Å²) in [7, 11) is -4.18. The molecule has 10 heteroatoms. The van der Waals surface area contributed by atoms with Crippen LogP contribution < -0.4 is 0 Å². The molecule has 146 valence electrons. The Morgan fingerprint density at radius 1 is 1.23 bits per heavy atom. The van der Waals surface area contributed by atoms with E-state index in [9.17, 15) is 22.0 Å². The van der Waals surface area contributed by atoms with Gasteiger partial charge in [-0.05, 0) is 49.7 Å². The standard InChI is InChI=1S/C16H21BrF2N2O4S/c1-10-9-20(15(22)25-16(2,3)4)5-6-21(10)26(23,24)14-7-11(17)12(18)8-13(14)19/h7-8,10H,5-6,9H2,1-4H3/t10-/m0/s1. The molecule has 0 aromatic heterocycles. The number of rotatable bonds is 2. The van der Waals surface area contributed by atoms with E-state index in [0.717, 1.165) is 10.4 Å². The Morgan fingerprint density at radius 2 is 1.85 bits per heavy atom. The Bertz CT molecular complexity index is 811. The number of amides is 1. The summed E-state index contributed by atoms with van der Waals surface area (Å²) < 4.78 is 59.3. The SMILES string of the molecule is C[C@H]1CN(C(=O)OC(C)(C)C)CCN1S(=O)(=O)c1cc(Br)c(F)cc1F. The third kappa shape index (κ3) is 4.52. The first-order chi connectivity index (χ1) is 11.8. The highest BCUT2D eigenvalue weighted by Gasteiger charge is 2.38. The highest BCUT2D eigenvalue weighted by Crippen LogP contribution is 2.28. The lowest BCUT2D eigenvalue weighted by molar-refractivity contribution is 0.0143. The number of hydrogen-bond donors (Lipinski definition) is 0. The zero-order chi connectivity index (χ0) is 19.9. The Hall–Kier alpha value is -1.26. The van der Waals surface area contributed by atoms with Gasteiger partial charge in [0.2, 0.25) is 10.0 Å². The van der Waals surface area contributed by atoms with Gasteiger partial charge in [0.05, 0.1) is 4.47 Å². The molecule has 1 atom stereocenters. The summed E-state index contributed by atoms with van der Waals surface area (Å²) in [6.45, 7) is 7.04. The molecule has 0 bridgehead atoms. The van der Waals surface area contributed by atoms with E-state index in [4.69, 9.17) is 4.74 Å². The van der Waals surface area contributed by atoms with Crippen LogP contribution in [0.25, 0.3) is 0 Å². The second-order valence-electron chi connectivity index (χ2n) is 7.09. The van der Waals surface area contributed by atoms with Crippen molar-refractivity contribution in [3.8, 4) is 0 Å². The van der Waals surface area contributed by atoms with Crippen LogP contribution in [0.1, 0.15) is 27.7 Å². The van der Waals surface area contributed by atoms with Crippen molar-refractivity contribution in [1.29, 1.82) is 0 Å². The average molecular weight is 455 g/mol. The number of halogens is 3. The Kier molecular flexibility index (Phi) is 5.99. The van der Waals surface area contributed by atoms with Gasteiger partial charge in [-0.2, -0.15) is 4.31 Å². The quantitative estimate of drug-likeness (QED) is 0.642. The molecular formula is C16H21BrF2N2O4S. The molecule has 0 radical (unpaired) electrons. The summed E-state index contributed by atoms with van der Waals surface area (Å²) in [5.41, 5.74) is -0.660. The minimum atomic E-state index is -4.18. The number of nitrogens with zero attached hydrogens (tertiary/aromatic N) is 2. The Labute approximate surface area is 160 Å². The van der Waals surface area contributed by atoms with Gasteiger partial charge < -0.3 is 9.64 Å². The van der Waals surface area contributed by atoms with Crippen LogP contribution in [-0.4, -0.2) is 55.0 Å². The summed E-state index contributed by atoms with van der Waals surface area (Å²) in [6, 6.07) is 0.843. The van der Waals surface area contributed by atoms with Crippen LogP contribution >= 0.6 is 15.9 Å². The average Bonchev–Trinajstić information content (AvgIpc) is 2.48. The van der Waals surface area contributed by atoms with Gasteiger partial charge in [0, 0.05) is 31.7 Å². The van der Waals surface area contributed by atoms with Gasteiger partial charge in [0.25, 0.3) is 0 Å². The first-order valence-electron chi connectivity index (χ1n) is 7.97. The monoisotopic (exact) mass is 454 g/mol. The Balaban J connectivity index is 2.21. The van der Waals surface area contributed by atoms with E-state index >= 15 is 0 Å². The molecule has 0 aliphatic carbocycles. The molecule has 0 spiro atoms. The van der Waals surface area contributed by atoms with Crippen LogP contribution in [0.4, 0.5) is 13.6 Å². The lowest BCUT2D eigenvalue weighted by Gasteiger charge is -2.39. The third-order valence-corrected chi connectivity index (χ3v) is 6.42. The van der Waals surface area contributed by atoms with Crippen molar-refractivity contribution in [3.63, 3.8) is 0 Å². The fourth-order valence-corrected chi connectivity index (χ4v) is 4.80. The maximum absolute atomic E-state index is 14.0. The number of ether oxygens (including phenoxy) is 1. The molecule has 6 nitrogen and oxygen atoms in total. The molecule has 1 aliphatic rings. The van der Waals surface area contributed by atoms with E-state index in [1.54, 1.807) is 27.7 Å². The summed E-state index contributed by atoms with van der Waals surface area (Å²) in [6.07, 6.45) is -0.530. The number of carbonyl (C=O) groups excluding carboxylic acids is 1. The maximum Gasteiger partial charge on any atom is 0.410 e. The lowest BCUT2D eigenvalue weighted by atomic mass is 10.2. The lowest BCUT2D eigenvalue weighted by Crippen LogP contribution is -2.56. The normalized spacial score (nSPS) is 19.5. The van der Waals surface area contributed by atoms with Gasteiger partial charge in [-0.3, -0.25) is 0 Å². The molecule has 1 aromatic rings. The van der Waals surface area contributed by atoms with Crippen LogP contribution in [0.3, 0.4) is 0 Å². The molecule has 0 N–H and O–H groups in total. The number of sulfonamides is 1. The summed E-state index contributed by atoms with van der Waals surface area (Å²) in [5, 5.41) is 0. The zero-order valence-electron chi connectivity index (χ0n) is 14.9. The molecule has 26 heavy (non-hydrogen) atoms. The summed E-state index contributed by atoms with van der Waals surface area (Å²) in [4.78, 5) is 13.0. The number of hydrogen-bond acceptors (Lipinski definition) is 4. The molecule has 2 rings (SSSR count). The zero-order valence-corrected chi connectivity index (χ0v) is 17.3. The number of carbonyl (C=O) groups is 1. The molecule has 1 aliphatic heterocycles. The van der Waals surface area contributed by atoms with E-state index in [2.05, 4.69) is 15.9 Å². The first kappa shape index (κ1) is 21.0. The minimum Gasteiger partial charge on any atom is -0.444 e. The van der Waals surface area contributed by atoms with Gasteiger partial charge in [-0.25, -0.2) is 22.0 Å². The predicted octanol–water partition coefficient (Wildman–Crippen LogP) is 3.36. The van der Waals surface area contributed by atoms with Gasteiger partial charge in [-0.1, -0.05) is 0 Å². The van der Waals surface area contributed by atoms with Crippen molar-refractivity contribution in [2.24, 2.45) is 0 Å². The van der Waals surface area contributed by atoms with Crippen molar-refractivity contribution in [2.45, 2.75) is 44.2 Å². The summed E-state index contributed by atoms with van der Waals surface area (Å²) in [5.74, 6) is -2.04. The number of benzene rings is 1. The van der Waals surface area contributed by atoms with Crippen LogP contribution in [0.5, 0.6) is 0 Å². The fourth-order valence-electron chi connectivity index (χ4n) is 2.62. The molecule has 0 unspecified atom stereocenters. The topological polar surface area (TPSA) is 66.9 Å². The maximum atomic E-state index is 14.0. The molecule has 0 saturated carbocycles. The molecule has 1 saturated heterocycles. The van der Waals surface area contributed by atoms with Crippen LogP contribution in [-0.2, 0) is 14.8 Å². The smallest absolute Gasteiger partial charge is 0.410 e. The van der Waals surface area contributed by atoms with Crippen molar-refractivity contribution in [1.82, 2.24) is 9.21 Å². The van der Waals surface area contributed by atoms with Crippen molar-refractivity contribution in [3.05, 3.63) is 28.2 Å². The second-order valence-corrected chi connectivity index (χ2v) is 9.80. The van der Waals surface area contributed by atoms with Gasteiger partial charge >= 0.3 is 6.09 Å². The predicted molar refractivity (Wildman–Crippen MR) is 95.2 cm³/mol. The summed E-state index contributed by atoms with van der Waals surface area (Å²) >= 11 is 2.87. The van der Waals surface area contributed by atoms with Gasteiger partial charge in [-0.15, -0.1) is 0 Å². The first-order valence-corrected chi connectivity index (χ1v) is 10.2.